The molecule has 0 fully saturated rings. The molecule has 0 saturated heterocycles. The van der Waals surface area contributed by atoms with Gasteiger partial charge in [0.05, 0.1) is 5.39 Å². The summed E-state index contributed by atoms with van der Waals surface area (Å²) >= 11 is 0. The van der Waals surface area contributed by atoms with Crippen LogP contribution in [-0.4, -0.2) is 34.8 Å². The minimum Gasteiger partial charge on any atom is -0.451 e. The Labute approximate surface area is 160 Å². The Kier molecular flexibility index (Phi) is 5.49. The van der Waals surface area contributed by atoms with Gasteiger partial charge in [0.1, 0.15) is 5.82 Å². The molecule has 1 heterocycles. The maximum absolute atomic E-state index is 13.1. The summed E-state index contributed by atoms with van der Waals surface area (Å²) in [6.45, 7) is 1.57. The zero-order chi connectivity index (χ0) is 20.3. The van der Waals surface area contributed by atoms with Crippen LogP contribution in [0.25, 0.3) is 10.8 Å². The molecule has 7 nitrogen and oxygen atoms in total. The fourth-order valence-electron chi connectivity index (χ4n) is 2.85. The SMILES string of the molecule is CCN(C(=O)COC(=O)c1nn(C)c(=O)c2ccccc12)c1ccc(F)cc1. The molecule has 28 heavy (non-hydrogen) atoms. The van der Waals surface area contributed by atoms with Crippen LogP contribution >= 0.6 is 0 Å². The van der Waals surface area contributed by atoms with Crippen molar-refractivity contribution in [3.05, 3.63) is 70.4 Å². The number of carbonyl (C=O) groups excluding carboxylic acids is 2. The maximum Gasteiger partial charge on any atom is 0.359 e. The van der Waals surface area contributed by atoms with Gasteiger partial charge in [-0.15, -0.1) is 0 Å². The molecule has 0 unspecified atom stereocenters. The fraction of sp³-hybridized carbons (Fsp3) is 0.200. The molecule has 0 bridgehead atoms. The van der Waals surface area contributed by atoms with E-state index in [0.717, 1.165) is 4.68 Å². The Morgan fingerprint density at radius 3 is 2.39 bits per heavy atom. The van der Waals surface area contributed by atoms with E-state index in [2.05, 4.69) is 5.10 Å². The molecule has 1 aromatic heterocycles. The number of ether oxygens (including phenoxy) is 1. The summed E-state index contributed by atoms with van der Waals surface area (Å²) in [5.41, 5.74) is 0.114. The molecule has 3 aromatic rings. The van der Waals surface area contributed by atoms with Crippen molar-refractivity contribution in [1.29, 1.82) is 0 Å². The first-order valence-corrected chi connectivity index (χ1v) is 8.61. The summed E-state index contributed by atoms with van der Waals surface area (Å²) in [4.78, 5) is 38.5. The number of likely N-dealkylation sites (N-methyl/N-ethyl adjacent to an activating group) is 1. The molecule has 2 aromatic carbocycles. The lowest BCUT2D eigenvalue weighted by atomic mass is 10.1. The van der Waals surface area contributed by atoms with Crippen molar-refractivity contribution in [2.75, 3.05) is 18.1 Å². The van der Waals surface area contributed by atoms with Crippen molar-refractivity contribution in [3.63, 3.8) is 0 Å². The van der Waals surface area contributed by atoms with Crippen LogP contribution in [0.1, 0.15) is 17.4 Å². The number of hydrogen-bond donors (Lipinski definition) is 0. The third-order valence-electron chi connectivity index (χ3n) is 4.23. The van der Waals surface area contributed by atoms with Crippen LogP contribution in [0.15, 0.2) is 53.3 Å². The van der Waals surface area contributed by atoms with E-state index in [0.29, 0.717) is 23.0 Å². The predicted octanol–water partition coefficient (Wildman–Crippen LogP) is 2.28. The standard InChI is InChI=1S/C20H18FN3O4/c1-3-24(14-10-8-13(21)9-11-14)17(25)12-28-20(27)18-15-6-4-5-7-16(15)19(26)23(2)22-18/h4-11H,3,12H2,1-2H3. The van der Waals surface area contributed by atoms with Gasteiger partial charge >= 0.3 is 5.97 Å². The highest BCUT2D eigenvalue weighted by molar-refractivity contribution is 6.03. The lowest BCUT2D eigenvalue weighted by molar-refractivity contribution is -0.121. The molecule has 0 aliphatic heterocycles. The lowest BCUT2D eigenvalue weighted by Crippen LogP contribution is -2.35. The van der Waals surface area contributed by atoms with E-state index in [1.165, 1.54) is 36.2 Å². The molecular formula is C20H18FN3O4. The highest BCUT2D eigenvalue weighted by Gasteiger charge is 2.20. The topological polar surface area (TPSA) is 81.5 Å². The van der Waals surface area contributed by atoms with Crippen LogP contribution in [-0.2, 0) is 16.6 Å². The molecule has 0 spiro atoms. The number of fused-ring (bicyclic) bond motifs is 1. The monoisotopic (exact) mass is 383 g/mol. The Morgan fingerprint density at radius 2 is 1.75 bits per heavy atom. The van der Waals surface area contributed by atoms with E-state index in [1.807, 2.05) is 0 Å². The van der Waals surface area contributed by atoms with Gasteiger partial charge in [0.2, 0.25) is 0 Å². The first-order chi connectivity index (χ1) is 13.4. The van der Waals surface area contributed by atoms with Gasteiger partial charge < -0.3 is 9.64 Å². The van der Waals surface area contributed by atoms with Crippen LogP contribution in [0.3, 0.4) is 0 Å². The zero-order valence-electron chi connectivity index (χ0n) is 15.4. The number of halogens is 1. The molecule has 144 valence electrons. The molecule has 0 N–H and O–H groups in total. The maximum atomic E-state index is 13.1. The van der Waals surface area contributed by atoms with Crippen molar-refractivity contribution in [2.45, 2.75) is 6.92 Å². The minimum absolute atomic E-state index is 0.0460. The van der Waals surface area contributed by atoms with Crippen molar-refractivity contribution in [3.8, 4) is 0 Å². The van der Waals surface area contributed by atoms with Crippen LogP contribution < -0.4 is 10.5 Å². The number of nitrogens with zero attached hydrogens (tertiary/aromatic N) is 3. The molecule has 0 radical (unpaired) electrons. The van der Waals surface area contributed by atoms with Gasteiger partial charge in [-0.2, -0.15) is 5.10 Å². The molecule has 0 aliphatic rings. The summed E-state index contributed by atoms with van der Waals surface area (Å²) in [5, 5.41) is 4.66. The quantitative estimate of drug-likeness (QED) is 0.632. The number of carbonyl (C=O) groups is 2. The Morgan fingerprint density at radius 1 is 1.11 bits per heavy atom. The second-order valence-electron chi connectivity index (χ2n) is 6.01. The number of rotatable bonds is 5. The third-order valence-corrected chi connectivity index (χ3v) is 4.23. The van der Waals surface area contributed by atoms with Crippen molar-refractivity contribution >= 4 is 28.3 Å². The first-order valence-electron chi connectivity index (χ1n) is 8.61. The normalized spacial score (nSPS) is 10.7. The van der Waals surface area contributed by atoms with E-state index < -0.39 is 24.3 Å². The molecular weight excluding hydrogens is 365 g/mol. The van der Waals surface area contributed by atoms with E-state index in [-0.39, 0.29) is 11.3 Å². The number of anilines is 1. The van der Waals surface area contributed by atoms with E-state index >= 15 is 0 Å². The summed E-state index contributed by atoms with van der Waals surface area (Å²) in [6, 6.07) is 12.0. The van der Waals surface area contributed by atoms with Gasteiger partial charge in [0.25, 0.3) is 11.5 Å². The predicted molar refractivity (Wildman–Crippen MR) is 102 cm³/mol. The molecule has 0 aliphatic carbocycles. The van der Waals surface area contributed by atoms with Gasteiger partial charge in [-0.3, -0.25) is 9.59 Å². The summed E-state index contributed by atoms with van der Waals surface area (Å²) in [7, 11) is 1.43. The molecule has 0 saturated carbocycles. The summed E-state index contributed by atoms with van der Waals surface area (Å²) in [6.07, 6.45) is 0. The Bertz CT molecular complexity index is 1090. The zero-order valence-corrected chi connectivity index (χ0v) is 15.4. The van der Waals surface area contributed by atoms with Gasteiger partial charge in [-0.25, -0.2) is 13.9 Å². The number of esters is 1. The van der Waals surface area contributed by atoms with Crippen LogP contribution in [0, 0.1) is 5.82 Å². The van der Waals surface area contributed by atoms with Gasteiger partial charge in [0.15, 0.2) is 12.3 Å². The largest absolute Gasteiger partial charge is 0.451 e. The van der Waals surface area contributed by atoms with Crippen LogP contribution in [0.5, 0.6) is 0 Å². The third kappa shape index (κ3) is 3.75. The highest BCUT2D eigenvalue weighted by Crippen LogP contribution is 2.16. The summed E-state index contributed by atoms with van der Waals surface area (Å²) < 4.78 is 19.3. The minimum atomic E-state index is -0.810. The number of aromatic nitrogens is 2. The smallest absolute Gasteiger partial charge is 0.359 e. The Balaban J connectivity index is 1.79. The highest BCUT2D eigenvalue weighted by atomic mass is 19.1. The Hall–Kier alpha value is -3.55. The number of aryl methyl sites for hydroxylation is 1. The van der Waals surface area contributed by atoms with Crippen LogP contribution in [0.2, 0.25) is 0 Å². The second kappa shape index (κ2) is 7.99. The average Bonchev–Trinajstić information content (AvgIpc) is 2.71. The number of hydrogen-bond acceptors (Lipinski definition) is 5. The van der Waals surface area contributed by atoms with E-state index in [1.54, 1.807) is 31.2 Å². The molecule has 0 atom stereocenters. The summed E-state index contributed by atoms with van der Waals surface area (Å²) in [5.74, 6) is -1.68. The molecule has 3 rings (SSSR count). The van der Waals surface area contributed by atoms with Gasteiger partial charge in [-0.05, 0) is 37.3 Å². The lowest BCUT2D eigenvalue weighted by Gasteiger charge is -2.20. The first kappa shape index (κ1) is 19.2. The number of amides is 1. The number of benzene rings is 2. The van der Waals surface area contributed by atoms with E-state index in [9.17, 15) is 18.8 Å². The van der Waals surface area contributed by atoms with Gasteiger partial charge in [-0.1, -0.05) is 18.2 Å². The molecule has 8 heteroatoms. The van der Waals surface area contributed by atoms with Crippen LogP contribution in [0.4, 0.5) is 10.1 Å². The fourth-order valence-corrected chi connectivity index (χ4v) is 2.85. The van der Waals surface area contributed by atoms with Crippen molar-refractivity contribution in [1.82, 2.24) is 9.78 Å². The van der Waals surface area contributed by atoms with Gasteiger partial charge in [0, 0.05) is 24.7 Å². The molecule has 1 amide bonds. The second-order valence-corrected chi connectivity index (χ2v) is 6.01. The average molecular weight is 383 g/mol. The van der Waals surface area contributed by atoms with Crippen molar-refractivity contribution in [2.24, 2.45) is 7.05 Å². The van der Waals surface area contributed by atoms with Crippen molar-refractivity contribution < 1.29 is 18.7 Å². The van der Waals surface area contributed by atoms with E-state index in [4.69, 9.17) is 4.74 Å².